The number of nitrogens with two attached hydrogens (primary N) is 1. The first-order valence-electron chi connectivity index (χ1n) is 10.5. The second kappa shape index (κ2) is 11.3. The molecule has 0 bridgehead atoms. The summed E-state index contributed by atoms with van der Waals surface area (Å²) in [5.41, 5.74) is 7.65. The molecule has 5 N–H and O–H groups in total. The molecular weight excluding hydrogens is 434 g/mol. The van der Waals surface area contributed by atoms with Gasteiger partial charge in [0.15, 0.2) is 0 Å². The summed E-state index contributed by atoms with van der Waals surface area (Å²) in [5, 5.41) is 14.5. The zero-order valence-electron chi connectivity index (χ0n) is 18.5. The molecule has 0 fully saturated rings. The van der Waals surface area contributed by atoms with Crippen molar-refractivity contribution in [2.24, 2.45) is 5.92 Å². The van der Waals surface area contributed by atoms with E-state index in [1.54, 1.807) is 79.7 Å². The smallest absolute Gasteiger partial charge is 0.414 e. The molecule has 3 aromatic rings. The molecule has 0 spiro atoms. The van der Waals surface area contributed by atoms with Crippen LogP contribution < -0.4 is 16.4 Å². The third-order valence-electron chi connectivity index (χ3n) is 4.95. The van der Waals surface area contributed by atoms with Crippen molar-refractivity contribution in [3.8, 4) is 5.75 Å². The van der Waals surface area contributed by atoms with Crippen LogP contribution in [0.1, 0.15) is 28.9 Å². The van der Waals surface area contributed by atoms with Crippen LogP contribution in [0.4, 0.5) is 16.2 Å². The Bertz CT molecular complexity index is 1180. The number of carbonyl (C=O) groups is 3. The number of alkyl carbamates (subject to hydrolysis) is 1. The van der Waals surface area contributed by atoms with Crippen molar-refractivity contribution >= 4 is 29.3 Å². The first-order valence-corrected chi connectivity index (χ1v) is 10.5. The Hall–Kier alpha value is -4.59. The standard InChI is InChI=1S/C26H25N3O5/c1-17(11-16-23(31)28-22-10-6-5-9-21(22)27)24(18-12-14-20(30)15-13-18)34-26(33)29-25(32)19-7-3-2-4-8-19/h2-17,24,30H,27H2,1H3,(H,28,31)(H,29,32,33)/b16-11+/t17-,24+/m0/s1. The number of phenolic OH excluding ortho intramolecular Hbond substituents is 1. The van der Waals surface area contributed by atoms with Gasteiger partial charge in [0.2, 0.25) is 5.91 Å². The zero-order chi connectivity index (χ0) is 24.5. The number of aromatic hydroxyl groups is 1. The Labute approximate surface area is 197 Å². The van der Waals surface area contributed by atoms with Gasteiger partial charge in [-0.2, -0.15) is 0 Å². The number of carbonyl (C=O) groups excluding carboxylic acids is 3. The normalized spacial score (nSPS) is 12.5. The molecule has 0 heterocycles. The summed E-state index contributed by atoms with van der Waals surface area (Å²) in [5.74, 6) is -1.41. The second-order valence-electron chi connectivity index (χ2n) is 7.53. The van der Waals surface area contributed by atoms with Gasteiger partial charge >= 0.3 is 6.09 Å². The first kappa shape index (κ1) is 24.1. The van der Waals surface area contributed by atoms with Gasteiger partial charge in [-0.1, -0.05) is 55.5 Å². The molecule has 8 nitrogen and oxygen atoms in total. The van der Waals surface area contributed by atoms with Gasteiger partial charge in [0.05, 0.1) is 11.4 Å². The fourth-order valence-corrected chi connectivity index (χ4v) is 3.17. The maximum atomic E-state index is 12.5. The number of para-hydroxylation sites is 2. The van der Waals surface area contributed by atoms with Crippen LogP contribution in [-0.2, 0) is 9.53 Å². The zero-order valence-corrected chi connectivity index (χ0v) is 18.5. The number of ether oxygens (including phenoxy) is 1. The molecule has 0 radical (unpaired) electrons. The highest BCUT2D eigenvalue weighted by atomic mass is 16.6. The number of hydrogen-bond donors (Lipinski definition) is 4. The van der Waals surface area contributed by atoms with Crippen LogP contribution in [0.25, 0.3) is 0 Å². The molecule has 8 heteroatoms. The second-order valence-corrected chi connectivity index (χ2v) is 7.53. The molecule has 0 aromatic heterocycles. The minimum atomic E-state index is -0.936. The van der Waals surface area contributed by atoms with Gasteiger partial charge in [0.1, 0.15) is 11.9 Å². The Morgan fingerprint density at radius 1 is 0.941 bits per heavy atom. The van der Waals surface area contributed by atoms with E-state index in [9.17, 15) is 19.5 Å². The Morgan fingerprint density at radius 2 is 1.59 bits per heavy atom. The Morgan fingerprint density at radius 3 is 2.26 bits per heavy atom. The number of nitrogens with one attached hydrogen (secondary N) is 2. The van der Waals surface area contributed by atoms with Crippen molar-refractivity contribution < 1.29 is 24.2 Å². The van der Waals surface area contributed by atoms with Crippen LogP contribution in [0, 0.1) is 5.92 Å². The molecule has 34 heavy (non-hydrogen) atoms. The number of amides is 3. The Kier molecular flexibility index (Phi) is 8.02. The largest absolute Gasteiger partial charge is 0.508 e. The quantitative estimate of drug-likeness (QED) is 0.306. The number of benzene rings is 3. The van der Waals surface area contributed by atoms with E-state index in [1.807, 2.05) is 0 Å². The van der Waals surface area contributed by atoms with Gasteiger partial charge in [0, 0.05) is 11.5 Å². The summed E-state index contributed by atoms with van der Waals surface area (Å²) < 4.78 is 5.54. The molecule has 174 valence electrons. The highest BCUT2D eigenvalue weighted by molar-refractivity contribution is 6.03. The number of rotatable bonds is 7. The minimum Gasteiger partial charge on any atom is -0.508 e. The summed E-state index contributed by atoms with van der Waals surface area (Å²) in [6.07, 6.45) is 1.13. The third-order valence-corrected chi connectivity index (χ3v) is 4.95. The van der Waals surface area contributed by atoms with Crippen molar-refractivity contribution in [3.63, 3.8) is 0 Å². The number of imide groups is 1. The van der Waals surface area contributed by atoms with Crippen LogP contribution in [0.3, 0.4) is 0 Å². The average Bonchev–Trinajstić information content (AvgIpc) is 2.83. The monoisotopic (exact) mass is 459 g/mol. The summed E-state index contributed by atoms with van der Waals surface area (Å²) in [6.45, 7) is 1.75. The first-order chi connectivity index (χ1) is 16.3. The lowest BCUT2D eigenvalue weighted by atomic mass is 9.96. The van der Waals surface area contributed by atoms with Crippen molar-refractivity contribution in [2.45, 2.75) is 13.0 Å². The van der Waals surface area contributed by atoms with Gasteiger partial charge in [-0.05, 0) is 48.0 Å². The molecule has 0 saturated carbocycles. The lowest BCUT2D eigenvalue weighted by Gasteiger charge is -2.22. The lowest BCUT2D eigenvalue weighted by Crippen LogP contribution is -2.33. The van der Waals surface area contributed by atoms with Gasteiger partial charge in [-0.15, -0.1) is 0 Å². The molecule has 0 saturated heterocycles. The predicted octanol–water partition coefficient (Wildman–Crippen LogP) is 4.41. The highest BCUT2D eigenvalue weighted by Gasteiger charge is 2.24. The maximum absolute atomic E-state index is 12.5. The van der Waals surface area contributed by atoms with E-state index in [0.717, 1.165) is 0 Å². The molecule has 0 aliphatic rings. The summed E-state index contributed by atoms with van der Waals surface area (Å²) in [7, 11) is 0. The van der Waals surface area contributed by atoms with Gasteiger partial charge in [-0.3, -0.25) is 14.9 Å². The van der Waals surface area contributed by atoms with Crippen LogP contribution in [0.2, 0.25) is 0 Å². The fraction of sp³-hybridized carbons (Fsp3) is 0.115. The predicted molar refractivity (Wildman–Crippen MR) is 129 cm³/mol. The van der Waals surface area contributed by atoms with E-state index >= 15 is 0 Å². The summed E-state index contributed by atoms with van der Waals surface area (Å²) in [6, 6.07) is 21.2. The average molecular weight is 460 g/mol. The molecule has 3 amide bonds. The topological polar surface area (TPSA) is 131 Å². The number of anilines is 2. The van der Waals surface area contributed by atoms with Crippen LogP contribution in [0.15, 0.2) is 91.0 Å². The van der Waals surface area contributed by atoms with Crippen molar-refractivity contribution in [3.05, 3.63) is 102 Å². The van der Waals surface area contributed by atoms with E-state index in [2.05, 4.69) is 10.6 Å². The van der Waals surface area contributed by atoms with E-state index in [0.29, 0.717) is 22.5 Å². The maximum Gasteiger partial charge on any atom is 0.414 e. The number of hydrogen-bond acceptors (Lipinski definition) is 6. The van der Waals surface area contributed by atoms with Gasteiger partial charge in [-0.25, -0.2) is 4.79 Å². The number of nitrogen functional groups attached to an aromatic ring is 1. The van der Waals surface area contributed by atoms with Crippen LogP contribution in [0.5, 0.6) is 5.75 Å². The van der Waals surface area contributed by atoms with E-state index in [-0.39, 0.29) is 5.75 Å². The molecule has 3 rings (SSSR count). The van der Waals surface area contributed by atoms with Gasteiger partial charge in [0.25, 0.3) is 5.91 Å². The molecule has 0 aliphatic heterocycles. The van der Waals surface area contributed by atoms with Gasteiger partial charge < -0.3 is 20.9 Å². The lowest BCUT2D eigenvalue weighted by molar-refractivity contribution is -0.111. The van der Waals surface area contributed by atoms with E-state index in [4.69, 9.17) is 10.5 Å². The van der Waals surface area contributed by atoms with E-state index < -0.39 is 29.9 Å². The van der Waals surface area contributed by atoms with Crippen molar-refractivity contribution in [1.29, 1.82) is 0 Å². The Balaban J connectivity index is 1.71. The van der Waals surface area contributed by atoms with E-state index in [1.165, 1.54) is 18.2 Å². The SMILES string of the molecule is C[C@@H](/C=C/C(=O)Nc1ccccc1N)[C@@H](OC(=O)NC(=O)c1ccccc1)c1ccc(O)cc1. The summed E-state index contributed by atoms with van der Waals surface area (Å²) >= 11 is 0. The highest BCUT2D eigenvalue weighted by Crippen LogP contribution is 2.29. The fourth-order valence-electron chi connectivity index (χ4n) is 3.17. The molecule has 3 aromatic carbocycles. The third kappa shape index (κ3) is 6.70. The minimum absolute atomic E-state index is 0.0502. The molecule has 0 aliphatic carbocycles. The van der Waals surface area contributed by atoms with Crippen molar-refractivity contribution in [1.82, 2.24) is 5.32 Å². The summed E-state index contributed by atoms with van der Waals surface area (Å²) in [4.78, 5) is 37.1. The van der Waals surface area contributed by atoms with Crippen LogP contribution in [-0.4, -0.2) is 23.0 Å². The molecule has 2 atom stereocenters. The molecular formula is C26H25N3O5. The number of phenols is 1. The van der Waals surface area contributed by atoms with Crippen LogP contribution >= 0.6 is 0 Å². The van der Waals surface area contributed by atoms with Crippen molar-refractivity contribution in [2.75, 3.05) is 11.1 Å². The molecule has 0 unspecified atom stereocenters.